The van der Waals surface area contributed by atoms with Gasteiger partial charge in [0, 0.05) is 9.92 Å². The normalized spacial score (nSPS) is 10.7. The number of halogens is 1. The topological polar surface area (TPSA) is 0 Å². The van der Waals surface area contributed by atoms with Crippen LogP contribution >= 0.6 is 23.4 Å². The zero-order chi connectivity index (χ0) is 10.1. The third kappa shape index (κ3) is 1.64. The van der Waals surface area contributed by atoms with Crippen molar-refractivity contribution < 1.29 is 0 Å². The highest BCUT2D eigenvalue weighted by atomic mass is 35.5. The molecule has 0 saturated heterocycles. The highest BCUT2D eigenvalue weighted by Gasteiger charge is 2.02. The molecule has 0 amide bonds. The van der Waals surface area contributed by atoms with Crippen LogP contribution < -0.4 is 5.46 Å². The van der Waals surface area contributed by atoms with Gasteiger partial charge in [-0.2, -0.15) is 0 Å². The highest BCUT2D eigenvalue weighted by molar-refractivity contribution is 7.98. The van der Waals surface area contributed by atoms with E-state index in [2.05, 4.69) is 6.07 Å². The van der Waals surface area contributed by atoms with Crippen molar-refractivity contribution >= 4 is 47.4 Å². The van der Waals surface area contributed by atoms with Crippen LogP contribution in [0.2, 0.25) is 5.02 Å². The maximum Gasteiger partial charge on any atom is 0.115 e. The molecular weight excluding hydrogens is 210 g/mol. The average molecular weight is 219 g/mol. The van der Waals surface area contributed by atoms with Gasteiger partial charge in [0.1, 0.15) is 7.85 Å². The van der Waals surface area contributed by atoms with Gasteiger partial charge in [0.15, 0.2) is 0 Å². The molecule has 0 aliphatic heterocycles. The second kappa shape index (κ2) is 3.88. The van der Waals surface area contributed by atoms with Gasteiger partial charge in [0.2, 0.25) is 0 Å². The molecule has 68 valence electrons. The molecule has 0 atom stereocenters. The van der Waals surface area contributed by atoms with Gasteiger partial charge in [0.05, 0.1) is 0 Å². The summed E-state index contributed by atoms with van der Waals surface area (Å²) in [6.45, 7) is 0. The summed E-state index contributed by atoms with van der Waals surface area (Å²) in [5.41, 5.74) is 0.790. The van der Waals surface area contributed by atoms with E-state index in [1.165, 1.54) is 0 Å². The molecule has 3 heteroatoms. The van der Waals surface area contributed by atoms with Crippen molar-refractivity contribution in [1.29, 1.82) is 0 Å². The first-order chi connectivity index (χ1) is 6.72. The molecule has 2 aromatic carbocycles. The van der Waals surface area contributed by atoms with Gasteiger partial charge in [-0.1, -0.05) is 35.3 Å². The van der Waals surface area contributed by atoms with Crippen molar-refractivity contribution in [2.45, 2.75) is 4.90 Å². The van der Waals surface area contributed by atoms with Gasteiger partial charge >= 0.3 is 0 Å². The number of thioether (sulfide) groups is 1. The molecule has 0 spiro atoms. The zero-order valence-electron chi connectivity index (χ0n) is 7.75. The van der Waals surface area contributed by atoms with E-state index in [9.17, 15) is 0 Å². The Bertz CT molecular complexity index is 482. The van der Waals surface area contributed by atoms with E-state index < -0.39 is 0 Å². The summed E-state index contributed by atoms with van der Waals surface area (Å²) in [5.74, 6) is 0. The molecule has 0 aliphatic carbocycles. The summed E-state index contributed by atoms with van der Waals surface area (Å²) in [5, 5.41) is 2.90. The Morgan fingerprint density at radius 1 is 1.29 bits per heavy atom. The summed E-state index contributed by atoms with van der Waals surface area (Å²) < 4.78 is 0. The van der Waals surface area contributed by atoms with Crippen LogP contribution in [0.15, 0.2) is 35.2 Å². The number of rotatable bonds is 1. The smallest absolute Gasteiger partial charge is 0.115 e. The van der Waals surface area contributed by atoms with Crippen molar-refractivity contribution in [3.8, 4) is 0 Å². The third-order valence-electron chi connectivity index (χ3n) is 2.18. The van der Waals surface area contributed by atoms with Crippen molar-refractivity contribution in [3.63, 3.8) is 0 Å². The minimum atomic E-state index is 0.752. The van der Waals surface area contributed by atoms with Gasteiger partial charge in [-0.3, -0.25) is 0 Å². The first-order valence-corrected chi connectivity index (χ1v) is 5.84. The molecule has 0 nitrogen and oxygen atoms in total. The minimum absolute atomic E-state index is 0.752. The SMILES string of the molecule is [B]c1cc2c(Cl)cccc2cc1SC. The Morgan fingerprint density at radius 2 is 2.07 bits per heavy atom. The van der Waals surface area contributed by atoms with Crippen LogP contribution in [0.3, 0.4) is 0 Å². The van der Waals surface area contributed by atoms with Gasteiger partial charge in [-0.15, -0.1) is 11.8 Å². The number of hydrogen-bond acceptors (Lipinski definition) is 1. The lowest BCUT2D eigenvalue weighted by molar-refractivity contribution is 1.58. The fourth-order valence-corrected chi connectivity index (χ4v) is 2.24. The molecule has 0 bridgehead atoms. The van der Waals surface area contributed by atoms with Crippen LogP contribution in [0.5, 0.6) is 0 Å². The zero-order valence-corrected chi connectivity index (χ0v) is 9.32. The molecule has 14 heavy (non-hydrogen) atoms. The second-order valence-electron chi connectivity index (χ2n) is 3.06. The summed E-state index contributed by atoms with van der Waals surface area (Å²) in [7, 11) is 5.89. The van der Waals surface area contributed by atoms with Crippen LogP contribution in [-0.2, 0) is 0 Å². The van der Waals surface area contributed by atoms with E-state index in [0.29, 0.717) is 0 Å². The van der Waals surface area contributed by atoms with Gasteiger partial charge < -0.3 is 0 Å². The summed E-state index contributed by atoms with van der Waals surface area (Å²) in [4.78, 5) is 1.10. The molecule has 0 aliphatic rings. The first kappa shape index (κ1) is 9.94. The monoisotopic (exact) mass is 218 g/mol. The van der Waals surface area contributed by atoms with E-state index in [1.807, 2.05) is 30.5 Å². The fraction of sp³-hybridized carbons (Fsp3) is 0.0909. The molecule has 0 fully saturated rings. The average Bonchev–Trinajstić information content (AvgIpc) is 2.19. The maximum absolute atomic E-state index is 6.06. The Balaban J connectivity index is 2.79. The quantitative estimate of drug-likeness (QED) is 0.524. The molecule has 0 unspecified atom stereocenters. The Hall–Kier alpha value is -0.595. The minimum Gasteiger partial charge on any atom is -0.130 e. The number of hydrogen-bond donors (Lipinski definition) is 0. The predicted molar refractivity (Wildman–Crippen MR) is 66.1 cm³/mol. The highest BCUT2D eigenvalue weighted by Crippen LogP contribution is 2.25. The summed E-state index contributed by atoms with van der Waals surface area (Å²) in [6, 6.07) is 9.87. The van der Waals surface area contributed by atoms with Crippen LogP contribution in [-0.4, -0.2) is 14.1 Å². The van der Waals surface area contributed by atoms with E-state index in [0.717, 1.165) is 26.2 Å². The number of fused-ring (bicyclic) bond motifs is 1. The lowest BCUT2D eigenvalue weighted by Crippen LogP contribution is -2.05. The number of benzene rings is 2. The Morgan fingerprint density at radius 3 is 2.79 bits per heavy atom. The molecule has 2 radical (unpaired) electrons. The van der Waals surface area contributed by atoms with E-state index in [-0.39, 0.29) is 0 Å². The Labute approximate surface area is 94.1 Å². The lowest BCUT2D eigenvalue weighted by atomic mass is 9.93. The van der Waals surface area contributed by atoms with E-state index in [4.69, 9.17) is 19.4 Å². The first-order valence-electron chi connectivity index (χ1n) is 4.24. The summed E-state index contributed by atoms with van der Waals surface area (Å²) >= 11 is 7.71. The van der Waals surface area contributed by atoms with Gasteiger partial charge in [0.25, 0.3) is 0 Å². The van der Waals surface area contributed by atoms with Crippen LogP contribution in [0.4, 0.5) is 0 Å². The fourth-order valence-electron chi connectivity index (χ4n) is 1.46. The molecule has 0 heterocycles. The van der Waals surface area contributed by atoms with E-state index >= 15 is 0 Å². The van der Waals surface area contributed by atoms with Gasteiger partial charge in [-0.25, -0.2) is 0 Å². The third-order valence-corrected chi connectivity index (χ3v) is 3.30. The molecule has 2 aromatic rings. The standard InChI is InChI=1S/C11H8BClS/c1-14-11-5-7-3-2-4-10(13)8(7)6-9(11)12/h2-6H,1H3. The van der Waals surface area contributed by atoms with Crippen LogP contribution in [0.25, 0.3) is 10.8 Å². The van der Waals surface area contributed by atoms with Crippen molar-refractivity contribution in [3.05, 3.63) is 35.4 Å². The second-order valence-corrected chi connectivity index (χ2v) is 4.31. The molecular formula is C11H8BClS. The molecule has 0 aromatic heterocycles. The van der Waals surface area contributed by atoms with Gasteiger partial charge in [-0.05, 0) is 29.2 Å². The van der Waals surface area contributed by atoms with Crippen LogP contribution in [0, 0.1) is 0 Å². The maximum atomic E-state index is 6.06. The molecule has 2 rings (SSSR count). The van der Waals surface area contributed by atoms with Crippen molar-refractivity contribution in [2.24, 2.45) is 0 Å². The lowest BCUT2D eigenvalue weighted by Gasteiger charge is -2.06. The van der Waals surface area contributed by atoms with E-state index in [1.54, 1.807) is 11.8 Å². The van der Waals surface area contributed by atoms with Crippen LogP contribution in [0.1, 0.15) is 0 Å². The Kier molecular flexibility index (Phi) is 2.75. The largest absolute Gasteiger partial charge is 0.130 e. The predicted octanol–water partition coefficient (Wildman–Crippen LogP) is 3.01. The molecule has 0 saturated carbocycles. The van der Waals surface area contributed by atoms with Crippen molar-refractivity contribution in [2.75, 3.05) is 6.26 Å². The summed E-state index contributed by atoms with van der Waals surface area (Å²) in [6.07, 6.45) is 2.02. The molecule has 0 N–H and O–H groups in total. The van der Waals surface area contributed by atoms with Crippen molar-refractivity contribution in [1.82, 2.24) is 0 Å².